The van der Waals surface area contributed by atoms with Gasteiger partial charge in [-0.1, -0.05) is 22.0 Å². The summed E-state index contributed by atoms with van der Waals surface area (Å²) in [4.78, 5) is 10.2. The number of aryl methyl sites for hydroxylation is 1. The molecule has 0 N–H and O–H groups in total. The minimum absolute atomic E-state index is 0.0232. The highest BCUT2D eigenvalue weighted by atomic mass is 79.9. The lowest BCUT2D eigenvalue weighted by Gasteiger charge is -2.10. The zero-order valence-corrected chi connectivity index (χ0v) is 12.2. The van der Waals surface area contributed by atoms with Crippen LogP contribution in [0.1, 0.15) is 11.1 Å². The minimum Gasteiger partial charge on any atom is -0.454 e. The first-order valence-electron chi connectivity index (χ1n) is 5.78. The first-order valence-corrected chi connectivity index (χ1v) is 6.90. The second-order valence-electron chi connectivity index (χ2n) is 4.21. The Bertz CT molecular complexity index is 661. The average molecular weight is 340 g/mol. The van der Waals surface area contributed by atoms with Crippen LogP contribution in [0.25, 0.3) is 0 Å². The molecule has 0 aliphatic rings. The van der Waals surface area contributed by atoms with Crippen molar-refractivity contribution in [2.75, 3.05) is 0 Å². The van der Waals surface area contributed by atoms with Gasteiger partial charge in [0.05, 0.1) is 4.92 Å². The van der Waals surface area contributed by atoms with Crippen LogP contribution in [-0.2, 0) is 5.33 Å². The zero-order valence-electron chi connectivity index (χ0n) is 10.6. The molecule has 0 spiro atoms. The summed E-state index contributed by atoms with van der Waals surface area (Å²) in [6.07, 6.45) is 0. The molecule has 2 aromatic rings. The molecular formula is C14H11BrFNO3. The molecule has 0 aromatic heterocycles. The maximum Gasteiger partial charge on any atom is 0.269 e. The molecule has 0 heterocycles. The van der Waals surface area contributed by atoms with E-state index in [-0.39, 0.29) is 11.4 Å². The topological polar surface area (TPSA) is 52.4 Å². The van der Waals surface area contributed by atoms with Crippen molar-refractivity contribution in [1.29, 1.82) is 0 Å². The number of nitro groups is 1. The number of benzene rings is 2. The molecule has 0 bridgehead atoms. The lowest BCUT2D eigenvalue weighted by molar-refractivity contribution is -0.384. The number of ether oxygens (including phenoxy) is 1. The zero-order chi connectivity index (χ0) is 14.7. The van der Waals surface area contributed by atoms with E-state index in [9.17, 15) is 14.5 Å². The molecule has 4 nitrogen and oxygen atoms in total. The molecule has 0 radical (unpaired) electrons. The fourth-order valence-electron chi connectivity index (χ4n) is 1.69. The van der Waals surface area contributed by atoms with Gasteiger partial charge in [0.1, 0.15) is 5.75 Å². The summed E-state index contributed by atoms with van der Waals surface area (Å²) in [5, 5.41) is 11.2. The quantitative estimate of drug-likeness (QED) is 0.459. The number of nitro benzene ring substituents is 1. The van der Waals surface area contributed by atoms with Crippen LogP contribution < -0.4 is 4.74 Å². The Labute approximate surface area is 123 Å². The SMILES string of the molecule is Cc1cc([N+](=O)[O-])ccc1Oc1ccc(CBr)cc1F. The molecular weight excluding hydrogens is 329 g/mol. The van der Waals surface area contributed by atoms with Crippen LogP contribution in [0.5, 0.6) is 11.5 Å². The van der Waals surface area contributed by atoms with E-state index in [0.717, 1.165) is 5.56 Å². The van der Waals surface area contributed by atoms with Gasteiger partial charge in [0, 0.05) is 17.5 Å². The van der Waals surface area contributed by atoms with Crippen molar-refractivity contribution in [1.82, 2.24) is 0 Å². The van der Waals surface area contributed by atoms with Crippen LogP contribution in [0.4, 0.5) is 10.1 Å². The third kappa shape index (κ3) is 3.14. The van der Waals surface area contributed by atoms with Gasteiger partial charge in [-0.05, 0) is 36.2 Å². The highest BCUT2D eigenvalue weighted by Gasteiger charge is 2.11. The van der Waals surface area contributed by atoms with Crippen LogP contribution in [0.3, 0.4) is 0 Å². The van der Waals surface area contributed by atoms with Crippen LogP contribution in [0, 0.1) is 22.9 Å². The molecule has 2 aromatic carbocycles. The molecule has 0 unspecified atom stereocenters. The molecule has 0 aliphatic carbocycles. The highest BCUT2D eigenvalue weighted by Crippen LogP contribution is 2.30. The molecule has 0 fully saturated rings. The van der Waals surface area contributed by atoms with Gasteiger partial charge in [-0.15, -0.1) is 0 Å². The number of nitrogens with zero attached hydrogens (tertiary/aromatic N) is 1. The van der Waals surface area contributed by atoms with Crippen molar-refractivity contribution >= 4 is 21.6 Å². The second kappa shape index (κ2) is 6.00. The predicted octanol–water partition coefficient (Wildman–Crippen LogP) is 4.73. The smallest absolute Gasteiger partial charge is 0.269 e. The normalized spacial score (nSPS) is 10.3. The first-order chi connectivity index (χ1) is 9.51. The Morgan fingerprint density at radius 2 is 1.95 bits per heavy atom. The third-order valence-corrected chi connectivity index (χ3v) is 3.39. The Morgan fingerprint density at radius 1 is 1.25 bits per heavy atom. The Balaban J connectivity index is 2.28. The molecule has 2 rings (SSSR count). The van der Waals surface area contributed by atoms with Gasteiger partial charge in [0.2, 0.25) is 0 Å². The van der Waals surface area contributed by atoms with Gasteiger partial charge < -0.3 is 4.74 Å². The van der Waals surface area contributed by atoms with Gasteiger partial charge in [0.25, 0.3) is 5.69 Å². The van der Waals surface area contributed by atoms with Crippen LogP contribution >= 0.6 is 15.9 Å². The first kappa shape index (κ1) is 14.5. The van der Waals surface area contributed by atoms with Crippen LogP contribution in [0.15, 0.2) is 36.4 Å². The molecule has 0 saturated carbocycles. The van der Waals surface area contributed by atoms with E-state index in [1.165, 1.54) is 30.3 Å². The standard InChI is InChI=1S/C14H11BrFNO3/c1-9-6-11(17(18)19)3-5-13(9)20-14-4-2-10(8-15)7-12(14)16/h2-7H,8H2,1H3. The Morgan fingerprint density at radius 3 is 2.50 bits per heavy atom. The highest BCUT2D eigenvalue weighted by molar-refractivity contribution is 9.08. The number of rotatable bonds is 4. The molecule has 0 amide bonds. The molecule has 0 aliphatic heterocycles. The van der Waals surface area contributed by atoms with E-state index >= 15 is 0 Å². The van der Waals surface area contributed by atoms with Gasteiger partial charge in [-0.2, -0.15) is 0 Å². The molecule has 20 heavy (non-hydrogen) atoms. The lowest BCUT2D eigenvalue weighted by atomic mass is 10.2. The summed E-state index contributed by atoms with van der Waals surface area (Å²) >= 11 is 3.24. The number of hydrogen-bond acceptors (Lipinski definition) is 3. The lowest BCUT2D eigenvalue weighted by Crippen LogP contribution is -1.94. The van der Waals surface area contributed by atoms with Crippen LogP contribution in [-0.4, -0.2) is 4.92 Å². The second-order valence-corrected chi connectivity index (χ2v) is 4.77. The summed E-state index contributed by atoms with van der Waals surface area (Å²) in [5.41, 5.74) is 1.35. The van der Waals surface area contributed by atoms with Crippen molar-refractivity contribution in [3.63, 3.8) is 0 Å². The molecule has 104 valence electrons. The van der Waals surface area contributed by atoms with E-state index < -0.39 is 10.7 Å². The minimum atomic E-state index is -0.484. The van der Waals surface area contributed by atoms with E-state index in [0.29, 0.717) is 16.6 Å². The van der Waals surface area contributed by atoms with Gasteiger partial charge in [-0.3, -0.25) is 10.1 Å². The maximum absolute atomic E-state index is 13.8. The van der Waals surface area contributed by atoms with Crippen molar-refractivity contribution in [3.8, 4) is 11.5 Å². The number of non-ortho nitro benzene ring substituents is 1. The van der Waals surface area contributed by atoms with Gasteiger partial charge in [0.15, 0.2) is 11.6 Å². The van der Waals surface area contributed by atoms with Crippen molar-refractivity contribution < 1.29 is 14.1 Å². The van der Waals surface area contributed by atoms with Crippen molar-refractivity contribution in [2.24, 2.45) is 0 Å². The van der Waals surface area contributed by atoms with Crippen molar-refractivity contribution in [2.45, 2.75) is 12.3 Å². The van der Waals surface area contributed by atoms with E-state index in [4.69, 9.17) is 4.74 Å². The van der Waals surface area contributed by atoms with Crippen LogP contribution in [0.2, 0.25) is 0 Å². The summed E-state index contributed by atoms with van der Waals surface area (Å²) in [5.74, 6) is 0.00690. The van der Waals surface area contributed by atoms with E-state index in [1.54, 1.807) is 13.0 Å². The monoisotopic (exact) mass is 339 g/mol. The fourth-order valence-corrected chi connectivity index (χ4v) is 2.04. The maximum atomic E-state index is 13.8. The van der Waals surface area contributed by atoms with E-state index in [2.05, 4.69) is 15.9 Å². The summed E-state index contributed by atoms with van der Waals surface area (Å²) in [7, 11) is 0. The Kier molecular flexibility index (Phi) is 4.34. The summed E-state index contributed by atoms with van der Waals surface area (Å²) in [6.45, 7) is 1.67. The molecule has 0 atom stereocenters. The number of halogens is 2. The van der Waals surface area contributed by atoms with Crippen molar-refractivity contribution in [3.05, 3.63) is 63.5 Å². The summed E-state index contributed by atoms with van der Waals surface area (Å²) in [6, 6.07) is 8.84. The number of alkyl halides is 1. The van der Waals surface area contributed by atoms with Gasteiger partial charge >= 0.3 is 0 Å². The molecule has 6 heteroatoms. The average Bonchev–Trinajstić information content (AvgIpc) is 2.42. The largest absolute Gasteiger partial charge is 0.454 e. The predicted molar refractivity (Wildman–Crippen MR) is 76.9 cm³/mol. The number of hydrogen-bond donors (Lipinski definition) is 0. The fraction of sp³-hybridized carbons (Fsp3) is 0.143. The summed E-state index contributed by atoms with van der Waals surface area (Å²) < 4.78 is 19.3. The third-order valence-electron chi connectivity index (χ3n) is 2.74. The van der Waals surface area contributed by atoms with E-state index in [1.807, 2.05) is 0 Å². The Hall–Kier alpha value is -1.95. The molecule has 0 saturated heterocycles. The van der Waals surface area contributed by atoms with Gasteiger partial charge in [-0.25, -0.2) is 4.39 Å².